The Labute approximate surface area is 140 Å². The van der Waals surface area contributed by atoms with Crippen LogP contribution in [0.4, 0.5) is 5.82 Å². The van der Waals surface area contributed by atoms with Gasteiger partial charge in [0.15, 0.2) is 5.82 Å². The zero-order chi connectivity index (χ0) is 15.6. The van der Waals surface area contributed by atoms with Gasteiger partial charge in [-0.15, -0.1) is 0 Å². The molecule has 1 saturated carbocycles. The number of halogens is 1. The van der Waals surface area contributed by atoms with Gasteiger partial charge in [-0.3, -0.25) is 0 Å². The predicted octanol–water partition coefficient (Wildman–Crippen LogP) is 3.84. The first kappa shape index (κ1) is 14.5. The molecule has 0 atom stereocenters. The number of benzene rings is 1. The fourth-order valence-electron chi connectivity index (χ4n) is 2.89. The van der Waals surface area contributed by atoms with Gasteiger partial charge in [-0.25, -0.2) is 9.97 Å². The lowest BCUT2D eigenvalue weighted by atomic mass is 10.1. The molecule has 0 unspecified atom stereocenters. The van der Waals surface area contributed by atoms with Crippen molar-refractivity contribution in [3.63, 3.8) is 0 Å². The van der Waals surface area contributed by atoms with E-state index in [-0.39, 0.29) is 0 Å². The van der Waals surface area contributed by atoms with Crippen LogP contribution in [0.3, 0.4) is 0 Å². The van der Waals surface area contributed by atoms with E-state index in [2.05, 4.69) is 27.0 Å². The number of aromatic nitrogens is 3. The highest BCUT2D eigenvalue weighted by atomic mass is 35.5. The molecule has 1 aliphatic carbocycles. The summed E-state index contributed by atoms with van der Waals surface area (Å²) in [6.45, 7) is 2.03. The van der Waals surface area contributed by atoms with Crippen molar-refractivity contribution < 1.29 is 0 Å². The Hall–Kier alpha value is -2.07. The van der Waals surface area contributed by atoms with Crippen molar-refractivity contribution in [1.29, 1.82) is 0 Å². The molecule has 1 aromatic carbocycles. The van der Waals surface area contributed by atoms with Crippen LogP contribution >= 0.6 is 11.6 Å². The van der Waals surface area contributed by atoms with Crippen molar-refractivity contribution in [2.45, 2.75) is 19.3 Å². The summed E-state index contributed by atoms with van der Waals surface area (Å²) in [5.41, 5.74) is 2.37. The average molecular weight is 327 g/mol. The average Bonchev–Trinajstić information content (AvgIpc) is 3.25. The van der Waals surface area contributed by atoms with Crippen LogP contribution in [0.25, 0.3) is 5.52 Å². The Morgan fingerprint density at radius 1 is 1.22 bits per heavy atom. The van der Waals surface area contributed by atoms with Crippen molar-refractivity contribution in [2.24, 2.45) is 5.92 Å². The van der Waals surface area contributed by atoms with E-state index in [0.717, 1.165) is 41.8 Å². The largest absolute Gasteiger partial charge is 0.354 e. The van der Waals surface area contributed by atoms with Crippen molar-refractivity contribution in [3.8, 4) is 0 Å². The van der Waals surface area contributed by atoms with Crippen LogP contribution in [-0.2, 0) is 6.42 Å². The van der Waals surface area contributed by atoms with Gasteiger partial charge in [-0.1, -0.05) is 23.7 Å². The molecular formula is C18H19ClN4. The van der Waals surface area contributed by atoms with Gasteiger partial charge in [0.2, 0.25) is 0 Å². The minimum atomic E-state index is 0.786. The first-order valence-electron chi connectivity index (χ1n) is 8.05. The summed E-state index contributed by atoms with van der Waals surface area (Å²) in [6.07, 6.45) is 11.2. The highest BCUT2D eigenvalue weighted by Gasteiger charge is 2.25. The van der Waals surface area contributed by atoms with Gasteiger partial charge in [0, 0.05) is 30.5 Å². The van der Waals surface area contributed by atoms with Gasteiger partial charge in [0.1, 0.15) is 5.52 Å². The van der Waals surface area contributed by atoms with Crippen molar-refractivity contribution >= 4 is 22.9 Å². The Morgan fingerprint density at radius 2 is 2.04 bits per heavy atom. The minimum Gasteiger partial charge on any atom is -0.354 e. The molecule has 0 spiro atoms. The Kier molecular flexibility index (Phi) is 3.92. The first-order valence-corrected chi connectivity index (χ1v) is 8.43. The van der Waals surface area contributed by atoms with E-state index < -0.39 is 0 Å². The molecule has 2 aromatic heterocycles. The number of fused-ring (bicyclic) bond motifs is 1. The molecule has 0 radical (unpaired) electrons. The second-order valence-corrected chi connectivity index (χ2v) is 6.64. The third-order valence-corrected chi connectivity index (χ3v) is 4.63. The molecule has 4 nitrogen and oxygen atoms in total. The highest BCUT2D eigenvalue weighted by molar-refractivity contribution is 6.30. The molecule has 118 valence electrons. The molecule has 23 heavy (non-hydrogen) atoms. The fourth-order valence-corrected chi connectivity index (χ4v) is 3.02. The molecule has 0 amide bonds. The number of hydrogen-bond acceptors (Lipinski definition) is 3. The molecular weight excluding hydrogens is 308 g/mol. The SMILES string of the molecule is Clc1ccc(CCN(CC2CC2)c2nccn3cncc23)cc1. The van der Waals surface area contributed by atoms with Gasteiger partial charge < -0.3 is 9.30 Å². The Morgan fingerprint density at radius 3 is 2.83 bits per heavy atom. The molecule has 3 aromatic rings. The zero-order valence-corrected chi connectivity index (χ0v) is 13.7. The van der Waals surface area contributed by atoms with Gasteiger partial charge >= 0.3 is 0 Å². The van der Waals surface area contributed by atoms with Crippen LogP contribution in [-0.4, -0.2) is 27.5 Å². The maximum atomic E-state index is 5.97. The van der Waals surface area contributed by atoms with Crippen molar-refractivity contribution in [3.05, 3.63) is 59.8 Å². The fraction of sp³-hybridized carbons (Fsp3) is 0.333. The molecule has 0 N–H and O–H groups in total. The van der Waals surface area contributed by atoms with Crippen molar-refractivity contribution in [2.75, 3.05) is 18.0 Å². The number of anilines is 1. The quantitative estimate of drug-likeness (QED) is 0.690. The number of imidazole rings is 1. The molecule has 0 saturated heterocycles. The third kappa shape index (κ3) is 3.32. The van der Waals surface area contributed by atoms with Gasteiger partial charge in [-0.2, -0.15) is 0 Å². The lowest BCUT2D eigenvalue weighted by Crippen LogP contribution is -2.29. The molecule has 5 heteroatoms. The third-order valence-electron chi connectivity index (χ3n) is 4.38. The number of hydrogen-bond donors (Lipinski definition) is 0. The summed E-state index contributed by atoms with van der Waals surface area (Å²) >= 11 is 5.97. The standard InChI is InChI=1S/C18H19ClN4/c19-16-5-3-14(4-6-16)7-9-22(12-15-1-2-15)18-17-11-20-13-23(17)10-8-21-18/h3-6,8,10-11,13,15H,1-2,7,9,12H2. The van der Waals surface area contributed by atoms with Crippen LogP contribution in [0.15, 0.2) is 49.2 Å². The monoisotopic (exact) mass is 326 g/mol. The van der Waals surface area contributed by atoms with Crippen LogP contribution in [0.5, 0.6) is 0 Å². The highest BCUT2D eigenvalue weighted by Crippen LogP contribution is 2.32. The number of rotatable bonds is 6. The van der Waals surface area contributed by atoms with E-state index in [1.165, 1.54) is 18.4 Å². The van der Waals surface area contributed by atoms with E-state index in [9.17, 15) is 0 Å². The van der Waals surface area contributed by atoms with Crippen LogP contribution in [0.1, 0.15) is 18.4 Å². The van der Waals surface area contributed by atoms with Gasteiger partial charge in [0.05, 0.1) is 12.5 Å². The smallest absolute Gasteiger partial charge is 0.154 e. The maximum Gasteiger partial charge on any atom is 0.154 e. The second kappa shape index (κ2) is 6.20. The second-order valence-electron chi connectivity index (χ2n) is 6.20. The van der Waals surface area contributed by atoms with E-state index >= 15 is 0 Å². The lowest BCUT2D eigenvalue weighted by molar-refractivity contribution is 0.708. The molecule has 0 aliphatic heterocycles. The minimum absolute atomic E-state index is 0.786. The molecule has 0 bridgehead atoms. The van der Waals surface area contributed by atoms with Gasteiger partial charge in [0.25, 0.3) is 0 Å². The molecule has 2 heterocycles. The van der Waals surface area contributed by atoms with E-state index in [4.69, 9.17) is 11.6 Å². The van der Waals surface area contributed by atoms with Gasteiger partial charge in [-0.05, 0) is 42.9 Å². The van der Waals surface area contributed by atoms with Crippen LogP contribution in [0.2, 0.25) is 5.02 Å². The molecule has 1 aliphatic rings. The molecule has 4 rings (SSSR count). The Bertz CT molecular complexity index is 792. The summed E-state index contributed by atoms with van der Waals surface area (Å²) in [7, 11) is 0. The zero-order valence-electron chi connectivity index (χ0n) is 12.9. The summed E-state index contributed by atoms with van der Waals surface area (Å²) in [5.74, 6) is 1.84. The summed E-state index contributed by atoms with van der Waals surface area (Å²) in [6, 6.07) is 8.12. The first-order chi connectivity index (χ1) is 11.3. The number of nitrogens with zero attached hydrogens (tertiary/aromatic N) is 4. The maximum absolute atomic E-state index is 5.97. The summed E-state index contributed by atoms with van der Waals surface area (Å²) in [5, 5.41) is 0.786. The Balaban J connectivity index is 1.56. The van der Waals surface area contributed by atoms with E-state index in [1.807, 2.05) is 41.5 Å². The topological polar surface area (TPSA) is 33.4 Å². The van der Waals surface area contributed by atoms with E-state index in [0.29, 0.717) is 0 Å². The predicted molar refractivity (Wildman–Crippen MR) is 93.1 cm³/mol. The van der Waals surface area contributed by atoms with Crippen LogP contribution in [0, 0.1) is 5.92 Å². The van der Waals surface area contributed by atoms with Crippen molar-refractivity contribution in [1.82, 2.24) is 14.4 Å². The van der Waals surface area contributed by atoms with Crippen LogP contribution < -0.4 is 4.90 Å². The van der Waals surface area contributed by atoms with E-state index in [1.54, 1.807) is 0 Å². The summed E-state index contributed by atoms with van der Waals surface area (Å²) in [4.78, 5) is 11.3. The lowest BCUT2D eigenvalue weighted by Gasteiger charge is -2.24. The summed E-state index contributed by atoms with van der Waals surface area (Å²) < 4.78 is 2.03. The molecule has 1 fully saturated rings. The normalized spacial score (nSPS) is 14.3.